The van der Waals surface area contributed by atoms with Gasteiger partial charge < -0.3 is 20.1 Å². The number of carboxylic acid groups (broad SMARTS) is 2. The molecule has 3 N–H and O–H groups in total. The van der Waals surface area contributed by atoms with Crippen molar-refractivity contribution in [3.05, 3.63) is 12.2 Å². The van der Waals surface area contributed by atoms with Crippen molar-refractivity contribution in [1.29, 1.82) is 0 Å². The SMILES string of the molecule is CCCC.CCCC.CCCCCCCCCCCC(=O)O.O=C(O)/C=C/C(=O)OCCO.[Sn]. The first-order valence-electron chi connectivity index (χ1n) is 12.7. The molecule has 0 aromatic heterocycles. The summed E-state index contributed by atoms with van der Waals surface area (Å²) in [6, 6.07) is 0. The Morgan fingerprint density at radius 1 is 0.647 bits per heavy atom. The maximum Gasteiger partial charge on any atom is 0.331 e. The summed E-state index contributed by atoms with van der Waals surface area (Å²) < 4.78 is 4.30. The Hall–Kier alpha value is -1.09. The molecule has 8 heteroatoms. The number of aliphatic hydroxyl groups excluding tert-OH is 1. The summed E-state index contributed by atoms with van der Waals surface area (Å²) in [5.41, 5.74) is 0. The van der Waals surface area contributed by atoms with Crippen LogP contribution in [-0.4, -0.2) is 70.3 Å². The van der Waals surface area contributed by atoms with Gasteiger partial charge in [-0.3, -0.25) is 4.79 Å². The number of hydrogen-bond donors (Lipinski definition) is 3. The summed E-state index contributed by atoms with van der Waals surface area (Å²) in [4.78, 5) is 30.5. The van der Waals surface area contributed by atoms with Crippen LogP contribution in [0.25, 0.3) is 0 Å². The van der Waals surface area contributed by atoms with E-state index in [1.807, 2.05) is 0 Å². The molecular weight excluding hydrogens is 543 g/mol. The second-order valence-corrected chi connectivity index (χ2v) is 7.53. The van der Waals surface area contributed by atoms with E-state index in [1.54, 1.807) is 0 Å². The molecule has 0 amide bonds. The Morgan fingerprint density at radius 3 is 1.38 bits per heavy atom. The number of esters is 1. The molecule has 0 aromatic rings. The first-order chi connectivity index (χ1) is 15.8. The number of carboxylic acids is 2. The third-order valence-electron chi connectivity index (χ3n) is 4.19. The van der Waals surface area contributed by atoms with Crippen LogP contribution in [0, 0.1) is 0 Å². The van der Waals surface area contributed by atoms with Gasteiger partial charge in [-0.05, 0) is 6.42 Å². The Balaban J connectivity index is -0.000000124. The van der Waals surface area contributed by atoms with Crippen molar-refractivity contribution in [3.63, 3.8) is 0 Å². The smallest absolute Gasteiger partial charge is 0.331 e. The molecule has 0 bridgehead atoms. The molecule has 0 fully saturated rings. The van der Waals surface area contributed by atoms with Crippen molar-refractivity contribution in [2.75, 3.05) is 13.2 Å². The summed E-state index contributed by atoms with van der Waals surface area (Å²) in [7, 11) is 0. The zero-order valence-electron chi connectivity index (χ0n) is 22.4. The van der Waals surface area contributed by atoms with Crippen molar-refractivity contribution >= 4 is 41.8 Å². The molecule has 0 rings (SSSR count). The zero-order chi connectivity index (χ0) is 26.2. The molecule has 0 aliphatic carbocycles. The summed E-state index contributed by atoms with van der Waals surface area (Å²) in [6.45, 7) is 10.6. The number of hydrogen-bond acceptors (Lipinski definition) is 5. The second kappa shape index (κ2) is 42.1. The van der Waals surface area contributed by atoms with Gasteiger partial charge in [0.2, 0.25) is 0 Å². The molecule has 0 aromatic carbocycles. The Labute approximate surface area is 225 Å². The van der Waals surface area contributed by atoms with Gasteiger partial charge in [-0.2, -0.15) is 0 Å². The normalized spacial score (nSPS) is 9.24. The number of rotatable bonds is 16. The van der Waals surface area contributed by atoms with Gasteiger partial charge in [0, 0.05) is 42.5 Å². The van der Waals surface area contributed by atoms with Crippen LogP contribution >= 0.6 is 0 Å². The van der Waals surface area contributed by atoms with Crippen LogP contribution in [0.2, 0.25) is 0 Å². The Kier molecular flexibility index (Phi) is 53.3. The van der Waals surface area contributed by atoms with Crippen molar-refractivity contribution in [2.45, 2.75) is 125 Å². The second-order valence-electron chi connectivity index (χ2n) is 7.53. The number of carbonyl (C=O) groups is 3. The predicted octanol–water partition coefficient (Wildman–Crippen LogP) is 6.39. The van der Waals surface area contributed by atoms with Crippen LogP contribution in [0.5, 0.6) is 0 Å². The van der Waals surface area contributed by atoms with Crippen molar-refractivity contribution in [2.24, 2.45) is 0 Å². The van der Waals surface area contributed by atoms with E-state index in [1.165, 1.54) is 70.6 Å². The van der Waals surface area contributed by atoms with Crippen LogP contribution in [0.1, 0.15) is 125 Å². The maximum absolute atomic E-state index is 10.4. The molecule has 0 aliphatic heterocycles. The van der Waals surface area contributed by atoms with Gasteiger partial charge in [0.1, 0.15) is 6.61 Å². The molecule has 0 saturated carbocycles. The van der Waals surface area contributed by atoms with E-state index in [4.69, 9.17) is 15.3 Å². The van der Waals surface area contributed by atoms with Gasteiger partial charge >= 0.3 is 17.9 Å². The molecule has 0 unspecified atom stereocenters. The van der Waals surface area contributed by atoms with Crippen molar-refractivity contribution < 1.29 is 34.4 Å². The molecule has 202 valence electrons. The minimum Gasteiger partial charge on any atom is -0.481 e. The van der Waals surface area contributed by atoms with Gasteiger partial charge in [0.05, 0.1) is 6.61 Å². The molecule has 0 atom stereocenters. The monoisotopic (exact) mass is 596 g/mol. The standard InChI is InChI=1S/C12H24O2.C6H8O5.2C4H10.Sn/c1-2-3-4-5-6-7-8-9-10-11-12(13)14;7-3-4-11-6(10)2-1-5(8)9;2*1-3-4-2;/h2-11H2,1H3,(H,13,14);1-2,7H,3-4H2,(H,8,9);2*3-4H2,1-2H3;/b;2-1+;;;. The van der Waals surface area contributed by atoms with E-state index in [2.05, 4.69) is 39.4 Å². The van der Waals surface area contributed by atoms with E-state index in [-0.39, 0.29) is 37.1 Å². The topological polar surface area (TPSA) is 121 Å². The van der Waals surface area contributed by atoms with Gasteiger partial charge in [-0.15, -0.1) is 0 Å². The quantitative estimate of drug-likeness (QED) is 0.0819. The molecule has 7 nitrogen and oxygen atoms in total. The third kappa shape index (κ3) is 63.2. The van der Waals surface area contributed by atoms with Gasteiger partial charge in [-0.25, -0.2) is 9.59 Å². The van der Waals surface area contributed by atoms with E-state index in [9.17, 15) is 14.4 Å². The number of ether oxygens (including phenoxy) is 1. The summed E-state index contributed by atoms with van der Waals surface area (Å²) >= 11 is 0. The van der Waals surface area contributed by atoms with Gasteiger partial charge in [0.25, 0.3) is 0 Å². The maximum atomic E-state index is 10.4. The minimum atomic E-state index is -1.22. The molecule has 0 saturated heterocycles. The first kappa shape index (κ1) is 43.0. The summed E-state index contributed by atoms with van der Waals surface area (Å²) in [5, 5.41) is 24.6. The molecule has 0 spiro atoms. The van der Waals surface area contributed by atoms with Crippen LogP contribution < -0.4 is 0 Å². The van der Waals surface area contributed by atoms with Crippen LogP contribution in [0.4, 0.5) is 0 Å². The Bertz CT molecular complexity index is 433. The number of carbonyl (C=O) groups excluding carboxylic acids is 1. The predicted molar refractivity (Wildman–Crippen MR) is 141 cm³/mol. The van der Waals surface area contributed by atoms with E-state index >= 15 is 0 Å². The average Bonchev–Trinajstić information content (AvgIpc) is 2.80. The summed E-state index contributed by atoms with van der Waals surface area (Å²) in [5.74, 6) is -2.65. The molecule has 0 heterocycles. The van der Waals surface area contributed by atoms with Crippen molar-refractivity contribution in [3.8, 4) is 0 Å². The summed E-state index contributed by atoms with van der Waals surface area (Å²) in [6.07, 6.45) is 18.2. The van der Waals surface area contributed by atoms with Crippen LogP contribution in [0.3, 0.4) is 0 Å². The fourth-order valence-corrected chi connectivity index (χ4v) is 1.92. The molecule has 34 heavy (non-hydrogen) atoms. The van der Waals surface area contributed by atoms with Crippen molar-refractivity contribution in [1.82, 2.24) is 0 Å². The molecule has 4 radical (unpaired) electrons. The van der Waals surface area contributed by atoms with Crippen LogP contribution in [0.15, 0.2) is 12.2 Å². The zero-order valence-corrected chi connectivity index (χ0v) is 25.3. The third-order valence-corrected chi connectivity index (χ3v) is 4.19. The van der Waals surface area contributed by atoms with E-state index < -0.39 is 17.9 Å². The minimum absolute atomic E-state index is 0. The average molecular weight is 595 g/mol. The number of aliphatic carboxylic acids is 2. The van der Waals surface area contributed by atoms with Gasteiger partial charge in [0.15, 0.2) is 0 Å². The first-order valence-corrected chi connectivity index (χ1v) is 12.7. The number of aliphatic hydroxyl groups is 1. The van der Waals surface area contributed by atoms with E-state index in [0.29, 0.717) is 12.5 Å². The largest absolute Gasteiger partial charge is 0.481 e. The fourth-order valence-electron chi connectivity index (χ4n) is 1.92. The fraction of sp³-hybridized carbons (Fsp3) is 0.808. The van der Waals surface area contributed by atoms with Crippen LogP contribution in [-0.2, 0) is 19.1 Å². The molecule has 0 aliphatic rings. The Morgan fingerprint density at radius 2 is 1.06 bits per heavy atom. The molecular formula is C26H52O7Sn. The van der Waals surface area contributed by atoms with Gasteiger partial charge in [-0.1, -0.05) is 112 Å². The van der Waals surface area contributed by atoms with E-state index in [0.717, 1.165) is 18.9 Å². The number of unbranched alkanes of at least 4 members (excludes halogenated alkanes) is 10.